The number of hydrogen-bond donors (Lipinski definition) is 1. The van der Waals surface area contributed by atoms with Gasteiger partial charge >= 0.3 is 0 Å². The topological polar surface area (TPSA) is 15.8 Å². The molecule has 0 aliphatic carbocycles. The second kappa shape index (κ2) is 2.79. The molecule has 0 spiro atoms. The Morgan fingerprint density at radius 1 is 1.17 bits per heavy atom. The van der Waals surface area contributed by atoms with Crippen LogP contribution in [0.25, 0.3) is 10.9 Å². The smallest absolute Gasteiger partial charge is 0.0819 e. The van der Waals surface area contributed by atoms with E-state index in [-0.39, 0.29) is 8.80 Å². The number of nitrogens with one attached hydrogen (secondary N) is 1. The monoisotopic (exact) mass is 174 g/mol. The second-order valence-corrected chi connectivity index (χ2v) is 5.79. The van der Waals surface area contributed by atoms with Crippen molar-refractivity contribution in [1.82, 2.24) is 4.98 Å². The summed E-state index contributed by atoms with van der Waals surface area (Å²) >= 11 is 0. The Morgan fingerprint density at radius 2 is 2.00 bits per heavy atom. The zero-order valence-electron chi connectivity index (χ0n) is 7.39. The van der Waals surface area contributed by atoms with E-state index >= 15 is 0 Å². The minimum absolute atomic E-state index is 0.339. The normalized spacial score (nSPS) is 11.2. The maximum absolute atomic E-state index is 3.29. The Hall–Kier alpha value is -1.02. The van der Waals surface area contributed by atoms with Crippen LogP contribution in [0.2, 0.25) is 13.1 Å². The molecule has 1 radical (unpaired) electrons. The predicted octanol–water partition coefficient (Wildman–Crippen LogP) is 2.13. The summed E-state index contributed by atoms with van der Waals surface area (Å²) < 4.78 is 0. The number of hydrogen-bond acceptors (Lipinski definition) is 0. The van der Waals surface area contributed by atoms with Crippen LogP contribution in [-0.4, -0.2) is 13.8 Å². The van der Waals surface area contributed by atoms with Gasteiger partial charge in [-0.25, -0.2) is 0 Å². The van der Waals surface area contributed by atoms with E-state index in [0.717, 1.165) is 0 Å². The van der Waals surface area contributed by atoms with E-state index < -0.39 is 0 Å². The Morgan fingerprint density at radius 3 is 2.75 bits per heavy atom. The lowest BCUT2D eigenvalue weighted by Crippen LogP contribution is -2.23. The van der Waals surface area contributed by atoms with Gasteiger partial charge in [0.25, 0.3) is 0 Å². The highest BCUT2D eigenvalue weighted by Gasteiger charge is 2.05. The molecule has 0 bridgehead atoms. The molecule has 2 aromatic rings. The maximum Gasteiger partial charge on any atom is 0.0819 e. The highest BCUT2D eigenvalue weighted by atomic mass is 28.3. The minimum atomic E-state index is -0.339. The Bertz CT molecular complexity index is 389. The summed E-state index contributed by atoms with van der Waals surface area (Å²) in [5, 5.41) is 2.83. The molecule has 1 aromatic heterocycles. The van der Waals surface area contributed by atoms with Crippen LogP contribution in [0.5, 0.6) is 0 Å². The summed E-state index contributed by atoms with van der Waals surface area (Å²) in [7, 11) is -0.339. The van der Waals surface area contributed by atoms with Gasteiger partial charge in [0.1, 0.15) is 0 Å². The molecule has 0 fully saturated rings. The van der Waals surface area contributed by atoms with Crippen LogP contribution < -0.4 is 5.19 Å². The third-order valence-corrected chi connectivity index (χ3v) is 3.62. The van der Waals surface area contributed by atoms with Crippen molar-refractivity contribution in [2.45, 2.75) is 13.1 Å². The maximum atomic E-state index is 3.29. The van der Waals surface area contributed by atoms with Gasteiger partial charge in [0.15, 0.2) is 0 Å². The van der Waals surface area contributed by atoms with E-state index in [2.05, 4.69) is 42.3 Å². The number of benzene rings is 1. The fourth-order valence-corrected chi connectivity index (χ4v) is 2.65. The number of aromatic nitrogens is 1. The average molecular weight is 174 g/mol. The first-order chi connectivity index (χ1) is 5.79. The summed E-state index contributed by atoms with van der Waals surface area (Å²) in [4.78, 5) is 3.29. The Labute approximate surface area is 74.0 Å². The van der Waals surface area contributed by atoms with Gasteiger partial charge in [-0.1, -0.05) is 31.3 Å². The molecule has 0 saturated heterocycles. The van der Waals surface area contributed by atoms with Gasteiger partial charge < -0.3 is 4.98 Å². The van der Waals surface area contributed by atoms with Gasteiger partial charge in [0.05, 0.1) is 8.80 Å². The van der Waals surface area contributed by atoms with E-state index in [0.29, 0.717) is 0 Å². The SMILES string of the molecule is C[Si](C)c1cccc2cc[nH]c12. The molecule has 1 heterocycles. The molecule has 0 aliphatic rings. The van der Waals surface area contributed by atoms with Gasteiger partial charge in [-0.3, -0.25) is 0 Å². The van der Waals surface area contributed by atoms with E-state index in [4.69, 9.17) is 0 Å². The molecule has 0 atom stereocenters. The molecule has 0 amide bonds. The lowest BCUT2D eigenvalue weighted by atomic mass is 10.2. The van der Waals surface area contributed by atoms with Crippen molar-refractivity contribution in [1.29, 1.82) is 0 Å². The van der Waals surface area contributed by atoms with Crippen LogP contribution in [0.4, 0.5) is 0 Å². The van der Waals surface area contributed by atoms with Crippen molar-refractivity contribution in [3.05, 3.63) is 30.5 Å². The zero-order chi connectivity index (χ0) is 8.55. The Kier molecular flexibility index (Phi) is 1.77. The van der Waals surface area contributed by atoms with Crippen LogP contribution in [0.1, 0.15) is 0 Å². The number of para-hydroxylation sites is 1. The van der Waals surface area contributed by atoms with Crippen molar-refractivity contribution in [3.8, 4) is 0 Å². The van der Waals surface area contributed by atoms with E-state index in [9.17, 15) is 0 Å². The van der Waals surface area contributed by atoms with Gasteiger partial charge in [-0.2, -0.15) is 0 Å². The van der Waals surface area contributed by atoms with Crippen LogP contribution in [0.15, 0.2) is 30.5 Å². The number of rotatable bonds is 1. The standard InChI is InChI=1S/C10H12NSi/c1-12(2)9-5-3-4-8-6-7-11-10(8)9/h3-7,11H,1-2H3. The fraction of sp³-hybridized carbons (Fsp3) is 0.200. The lowest BCUT2D eigenvalue weighted by molar-refractivity contribution is 1.49. The van der Waals surface area contributed by atoms with Crippen LogP contribution >= 0.6 is 0 Å². The summed E-state index contributed by atoms with van der Waals surface area (Å²) in [6.45, 7) is 4.64. The average Bonchev–Trinajstić information content (AvgIpc) is 2.49. The highest BCUT2D eigenvalue weighted by molar-refractivity contribution is 6.73. The van der Waals surface area contributed by atoms with Gasteiger partial charge in [0.2, 0.25) is 0 Å². The Balaban J connectivity index is 2.73. The highest BCUT2D eigenvalue weighted by Crippen LogP contribution is 2.09. The first-order valence-electron chi connectivity index (χ1n) is 4.15. The van der Waals surface area contributed by atoms with Crippen molar-refractivity contribution in [3.63, 3.8) is 0 Å². The molecule has 12 heavy (non-hydrogen) atoms. The predicted molar refractivity (Wildman–Crippen MR) is 55.4 cm³/mol. The van der Waals surface area contributed by atoms with E-state index in [1.807, 2.05) is 6.20 Å². The molecule has 61 valence electrons. The summed E-state index contributed by atoms with van der Waals surface area (Å²) in [6, 6.07) is 8.65. The van der Waals surface area contributed by atoms with Crippen LogP contribution in [0, 0.1) is 0 Å². The molecule has 0 aliphatic heterocycles. The third-order valence-electron chi connectivity index (χ3n) is 2.13. The quantitative estimate of drug-likeness (QED) is 0.637. The molecule has 2 rings (SSSR count). The summed E-state index contributed by atoms with van der Waals surface area (Å²) in [5.41, 5.74) is 1.33. The van der Waals surface area contributed by atoms with Crippen molar-refractivity contribution in [2.75, 3.05) is 0 Å². The van der Waals surface area contributed by atoms with E-state index in [1.165, 1.54) is 16.1 Å². The number of H-pyrrole nitrogens is 1. The zero-order valence-corrected chi connectivity index (χ0v) is 8.39. The minimum Gasteiger partial charge on any atom is -0.361 e. The van der Waals surface area contributed by atoms with Gasteiger partial charge in [0, 0.05) is 11.7 Å². The van der Waals surface area contributed by atoms with Gasteiger partial charge in [-0.15, -0.1) is 0 Å². The van der Waals surface area contributed by atoms with E-state index in [1.54, 1.807) is 0 Å². The molecule has 1 aromatic carbocycles. The molecule has 0 saturated carbocycles. The van der Waals surface area contributed by atoms with Crippen molar-refractivity contribution >= 4 is 24.9 Å². The molecular formula is C10H12NSi. The van der Waals surface area contributed by atoms with Crippen LogP contribution in [-0.2, 0) is 0 Å². The first kappa shape index (κ1) is 7.62. The van der Waals surface area contributed by atoms with Gasteiger partial charge in [-0.05, 0) is 16.6 Å². The molecule has 1 N–H and O–H groups in total. The first-order valence-corrected chi connectivity index (χ1v) is 6.65. The molecular weight excluding hydrogens is 162 g/mol. The summed E-state index contributed by atoms with van der Waals surface area (Å²) in [5.74, 6) is 0. The lowest BCUT2D eigenvalue weighted by Gasteiger charge is -2.04. The summed E-state index contributed by atoms with van der Waals surface area (Å²) in [6.07, 6.45) is 2.01. The van der Waals surface area contributed by atoms with Crippen molar-refractivity contribution < 1.29 is 0 Å². The number of aromatic amines is 1. The fourth-order valence-electron chi connectivity index (χ4n) is 1.50. The number of fused-ring (bicyclic) bond motifs is 1. The largest absolute Gasteiger partial charge is 0.361 e. The van der Waals surface area contributed by atoms with Crippen LogP contribution in [0.3, 0.4) is 0 Å². The van der Waals surface area contributed by atoms with Crippen molar-refractivity contribution in [2.24, 2.45) is 0 Å². The second-order valence-electron chi connectivity index (χ2n) is 3.25. The third kappa shape index (κ3) is 1.08. The molecule has 2 heteroatoms. The molecule has 1 nitrogen and oxygen atoms in total. The molecule has 0 unspecified atom stereocenters.